The fourth-order valence-corrected chi connectivity index (χ4v) is 1.77. The Morgan fingerprint density at radius 3 is 2.89 bits per heavy atom. The maximum absolute atomic E-state index is 11.6. The maximum Gasteiger partial charge on any atom is 0.258 e. The summed E-state index contributed by atoms with van der Waals surface area (Å²) < 4.78 is 7.37. The Balaban J connectivity index is 1.75. The zero-order valence-corrected chi connectivity index (χ0v) is 11.2. The lowest BCUT2D eigenvalue weighted by molar-refractivity contribution is -0.123. The van der Waals surface area contributed by atoms with Gasteiger partial charge in [0, 0.05) is 26.0 Å². The van der Waals surface area contributed by atoms with Gasteiger partial charge >= 0.3 is 0 Å². The fourth-order valence-electron chi connectivity index (χ4n) is 1.77. The van der Waals surface area contributed by atoms with Crippen LogP contribution in [-0.4, -0.2) is 17.1 Å². The van der Waals surface area contributed by atoms with Gasteiger partial charge in [0.05, 0.1) is 0 Å². The fraction of sp³-hybridized carbons (Fsp3) is 0.267. The van der Waals surface area contributed by atoms with E-state index < -0.39 is 0 Å². The molecule has 0 saturated heterocycles. The first-order chi connectivity index (χ1) is 9.13. The normalized spacial score (nSPS) is 10.2. The van der Waals surface area contributed by atoms with Gasteiger partial charge in [-0.25, -0.2) is 0 Å². The summed E-state index contributed by atoms with van der Waals surface area (Å²) in [6, 6.07) is 9.62. The molecule has 1 aromatic heterocycles. The molecule has 2 rings (SSSR count). The van der Waals surface area contributed by atoms with Crippen molar-refractivity contribution in [2.24, 2.45) is 7.05 Å². The predicted molar refractivity (Wildman–Crippen MR) is 73.9 cm³/mol. The van der Waals surface area contributed by atoms with Gasteiger partial charge in [0.1, 0.15) is 5.75 Å². The lowest BCUT2D eigenvalue weighted by atomic mass is 10.2. The van der Waals surface area contributed by atoms with Gasteiger partial charge in [0.15, 0.2) is 6.61 Å². The molecule has 0 aliphatic heterocycles. The molecule has 19 heavy (non-hydrogen) atoms. The van der Waals surface area contributed by atoms with E-state index in [-0.39, 0.29) is 12.5 Å². The molecule has 0 radical (unpaired) electrons. The summed E-state index contributed by atoms with van der Waals surface area (Å²) >= 11 is 0. The molecule has 0 unspecified atom stereocenters. The molecule has 0 aliphatic carbocycles. The van der Waals surface area contributed by atoms with Crippen molar-refractivity contribution in [3.05, 3.63) is 53.9 Å². The predicted octanol–water partition coefficient (Wildman–Crippen LogP) is 2.03. The van der Waals surface area contributed by atoms with Crippen molar-refractivity contribution in [2.75, 3.05) is 6.61 Å². The molecule has 4 nitrogen and oxygen atoms in total. The molecule has 1 aromatic carbocycles. The number of hydrogen-bond donors (Lipinski definition) is 1. The number of aromatic nitrogens is 1. The zero-order valence-electron chi connectivity index (χ0n) is 11.2. The molecule has 4 heteroatoms. The highest BCUT2D eigenvalue weighted by Crippen LogP contribution is 2.11. The van der Waals surface area contributed by atoms with Crippen LogP contribution >= 0.6 is 0 Å². The molecule has 1 amide bonds. The lowest BCUT2D eigenvalue weighted by Gasteiger charge is -2.07. The number of nitrogens with zero attached hydrogens (tertiary/aromatic N) is 1. The standard InChI is InChI=1S/C15H18N2O2/c1-12-4-3-5-14(8-12)19-11-15(18)16-9-13-6-7-17(2)10-13/h3-8,10H,9,11H2,1-2H3,(H,16,18). The van der Waals surface area contributed by atoms with Crippen LogP contribution < -0.4 is 10.1 Å². The highest BCUT2D eigenvalue weighted by Gasteiger charge is 2.03. The van der Waals surface area contributed by atoms with Gasteiger partial charge < -0.3 is 14.6 Å². The lowest BCUT2D eigenvalue weighted by Crippen LogP contribution is -2.28. The Labute approximate surface area is 113 Å². The van der Waals surface area contributed by atoms with E-state index in [2.05, 4.69) is 5.32 Å². The van der Waals surface area contributed by atoms with Crippen molar-refractivity contribution in [1.82, 2.24) is 9.88 Å². The molecule has 0 fully saturated rings. The Hall–Kier alpha value is -2.23. The SMILES string of the molecule is Cc1cccc(OCC(=O)NCc2ccn(C)c2)c1. The number of nitrogens with one attached hydrogen (secondary N) is 1. The third kappa shape index (κ3) is 4.17. The number of amides is 1. The molecule has 0 bridgehead atoms. The van der Waals surface area contributed by atoms with Crippen molar-refractivity contribution in [3.63, 3.8) is 0 Å². The number of hydrogen-bond acceptors (Lipinski definition) is 2. The Kier molecular flexibility index (Phi) is 4.23. The Morgan fingerprint density at radius 1 is 1.37 bits per heavy atom. The van der Waals surface area contributed by atoms with Crippen LogP contribution in [0, 0.1) is 6.92 Å². The van der Waals surface area contributed by atoms with Crippen LogP contribution in [0.5, 0.6) is 5.75 Å². The number of benzene rings is 1. The van der Waals surface area contributed by atoms with Crippen LogP contribution in [0.1, 0.15) is 11.1 Å². The smallest absolute Gasteiger partial charge is 0.258 e. The Bertz CT molecular complexity index is 561. The molecule has 1 heterocycles. The van der Waals surface area contributed by atoms with E-state index in [0.717, 1.165) is 16.9 Å². The Morgan fingerprint density at radius 2 is 2.21 bits per heavy atom. The summed E-state index contributed by atoms with van der Waals surface area (Å²) in [5.41, 5.74) is 2.19. The second-order valence-electron chi connectivity index (χ2n) is 4.57. The number of carbonyl (C=O) groups is 1. The second kappa shape index (κ2) is 6.09. The third-order valence-corrected chi connectivity index (χ3v) is 2.74. The first kappa shape index (κ1) is 13.2. The van der Waals surface area contributed by atoms with Gasteiger partial charge in [-0.05, 0) is 36.2 Å². The first-order valence-electron chi connectivity index (χ1n) is 6.20. The summed E-state index contributed by atoms with van der Waals surface area (Å²) in [5, 5.41) is 2.82. The van der Waals surface area contributed by atoms with Gasteiger partial charge in [0.2, 0.25) is 0 Å². The minimum Gasteiger partial charge on any atom is -0.484 e. The third-order valence-electron chi connectivity index (χ3n) is 2.74. The number of carbonyl (C=O) groups excluding carboxylic acids is 1. The van der Waals surface area contributed by atoms with Gasteiger partial charge in [0.25, 0.3) is 5.91 Å². The molecular formula is C15H18N2O2. The molecule has 0 atom stereocenters. The van der Waals surface area contributed by atoms with E-state index in [4.69, 9.17) is 4.74 Å². The highest BCUT2D eigenvalue weighted by molar-refractivity contribution is 5.77. The molecular weight excluding hydrogens is 240 g/mol. The number of aryl methyl sites for hydroxylation is 2. The van der Waals surface area contributed by atoms with Gasteiger partial charge in [-0.15, -0.1) is 0 Å². The average Bonchev–Trinajstić information content (AvgIpc) is 2.80. The number of ether oxygens (including phenoxy) is 1. The van der Waals surface area contributed by atoms with Crippen molar-refractivity contribution < 1.29 is 9.53 Å². The van der Waals surface area contributed by atoms with E-state index in [1.807, 2.05) is 61.3 Å². The van der Waals surface area contributed by atoms with E-state index in [9.17, 15) is 4.79 Å². The average molecular weight is 258 g/mol. The van der Waals surface area contributed by atoms with Crippen LogP contribution in [0.2, 0.25) is 0 Å². The van der Waals surface area contributed by atoms with Gasteiger partial charge in [-0.2, -0.15) is 0 Å². The molecule has 0 aliphatic rings. The second-order valence-corrected chi connectivity index (χ2v) is 4.57. The van der Waals surface area contributed by atoms with Crippen molar-refractivity contribution in [3.8, 4) is 5.75 Å². The highest BCUT2D eigenvalue weighted by atomic mass is 16.5. The zero-order chi connectivity index (χ0) is 13.7. The maximum atomic E-state index is 11.6. The summed E-state index contributed by atoms with van der Waals surface area (Å²) in [7, 11) is 1.95. The van der Waals surface area contributed by atoms with E-state index in [1.54, 1.807) is 0 Å². The van der Waals surface area contributed by atoms with Crippen LogP contribution in [0.4, 0.5) is 0 Å². The quantitative estimate of drug-likeness (QED) is 0.891. The molecule has 2 aromatic rings. The van der Waals surface area contributed by atoms with E-state index in [0.29, 0.717) is 6.54 Å². The van der Waals surface area contributed by atoms with Crippen LogP contribution in [0.25, 0.3) is 0 Å². The number of rotatable bonds is 5. The van der Waals surface area contributed by atoms with Crippen LogP contribution in [-0.2, 0) is 18.4 Å². The van der Waals surface area contributed by atoms with E-state index in [1.165, 1.54) is 0 Å². The summed E-state index contributed by atoms with van der Waals surface area (Å²) in [5.74, 6) is 0.597. The van der Waals surface area contributed by atoms with Crippen molar-refractivity contribution >= 4 is 5.91 Å². The molecule has 1 N–H and O–H groups in total. The van der Waals surface area contributed by atoms with Crippen LogP contribution in [0.3, 0.4) is 0 Å². The summed E-state index contributed by atoms with van der Waals surface area (Å²) in [6.07, 6.45) is 3.92. The van der Waals surface area contributed by atoms with Crippen molar-refractivity contribution in [1.29, 1.82) is 0 Å². The summed E-state index contributed by atoms with van der Waals surface area (Å²) in [4.78, 5) is 11.6. The molecule has 100 valence electrons. The largest absolute Gasteiger partial charge is 0.484 e. The summed E-state index contributed by atoms with van der Waals surface area (Å²) in [6.45, 7) is 2.55. The van der Waals surface area contributed by atoms with Crippen molar-refractivity contribution in [2.45, 2.75) is 13.5 Å². The topological polar surface area (TPSA) is 43.3 Å². The first-order valence-corrected chi connectivity index (χ1v) is 6.20. The monoisotopic (exact) mass is 258 g/mol. The minimum atomic E-state index is -0.120. The van der Waals surface area contributed by atoms with Crippen LogP contribution in [0.15, 0.2) is 42.7 Å². The molecule has 0 saturated carbocycles. The van der Waals surface area contributed by atoms with Gasteiger partial charge in [-0.1, -0.05) is 12.1 Å². The van der Waals surface area contributed by atoms with E-state index >= 15 is 0 Å². The van der Waals surface area contributed by atoms with Gasteiger partial charge in [-0.3, -0.25) is 4.79 Å². The molecule has 0 spiro atoms. The minimum absolute atomic E-state index is 0.0380.